The largest absolute Gasteiger partial charge is 0.367 e. The van der Waals surface area contributed by atoms with E-state index in [1.54, 1.807) is 17.7 Å². The van der Waals surface area contributed by atoms with Crippen molar-refractivity contribution >= 4 is 43.4 Å². The summed E-state index contributed by atoms with van der Waals surface area (Å²) < 4.78 is 1.13. The van der Waals surface area contributed by atoms with Crippen LogP contribution < -0.4 is 15.5 Å². The second-order valence-corrected chi connectivity index (χ2v) is 10.8. The highest BCUT2D eigenvalue weighted by atomic mass is 32.1. The number of anilines is 2. The van der Waals surface area contributed by atoms with E-state index in [1.165, 1.54) is 22.9 Å². The molecular formula is C23H33N7S. The zero-order valence-corrected chi connectivity index (χ0v) is 19.9. The van der Waals surface area contributed by atoms with E-state index in [9.17, 15) is 0 Å². The first-order chi connectivity index (χ1) is 14.9. The predicted octanol–water partition coefficient (Wildman–Crippen LogP) is 3.14. The zero-order valence-electron chi connectivity index (χ0n) is 19.1. The number of nitrogens with one attached hydrogen (secondary N) is 2. The smallest absolute Gasteiger partial charge is 0.147 e. The number of piperazine rings is 1. The standard InChI is InChI=1S/C23H33N7S/c1-23(2)6-5-15-16(13-23)17-18-19(31-22(17)28-21(15)29(3)4)20(27-14-26-18)25-9-12-30-10-7-24-8-11-30/h14,24H,5-13H2,1-4H3,(H,25,26,27). The lowest BCUT2D eigenvalue weighted by Gasteiger charge is -2.33. The van der Waals surface area contributed by atoms with E-state index in [4.69, 9.17) is 9.97 Å². The van der Waals surface area contributed by atoms with Crippen LogP contribution in [0.2, 0.25) is 0 Å². The first-order valence-electron chi connectivity index (χ1n) is 11.4. The summed E-state index contributed by atoms with van der Waals surface area (Å²) >= 11 is 1.73. The molecule has 4 heterocycles. The highest BCUT2D eigenvalue weighted by Gasteiger charge is 2.31. The van der Waals surface area contributed by atoms with E-state index in [-0.39, 0.29) is 0 Å². The Kier molecular flexibility index (Phi) is 5.48. The van der Waals surface area contributed by atoms with E-state index in [1.807, 2.05) is 0 Å². The van der Waals surface area contributed by atoms with E-state index in [0.29, 0.717) is 5.41 Å². The molecule has 1 aliphatic carbocycles. The molecule has 31 heavy (non-hydrogen) atoms. The lowest BCUT2D eigenvalue weighted by molar-refractivity contribution is 0.249. The van der Waals surface area contributed by atoms with Gasteiger partial charge in [0, 0.05) is 58.8 Å². The molecule has 8 heteroatoms. The molecule has 0 aromatic carbocycles. The Hall–Kier alpha value is -2.03. The Morgan fingerprint density at radius 3 is 2.77 bits per heavy atom. The number of thiophene rings is 1. The van der Waals surface area contributed by atoms with Crippen molar-refractivity contribution in [3.05, 3.63) is 17.5 Å². The molecule has 1 saturated heterocycles. The van der Waals surface area contributed by atoms with Crippen LogP contribution in [-0.4, -0.2) is 73.2 Å². The maximum atomic E-state index is 5.10. The predicted molar refractivity (Wildman–Crippen MR) is 131 cm³/mol. The minimum absolute atomic E-state index is 0.302. The Bertz CT molecular complexity index is 1100. The molecule has 0 atom stereocenters. The summed E-state index contributed by atoms with van der Waals surface area (Å²) in [6, 6.07) is 0. The molecule has 0 amide bonds. The Labute approximate surface area is 188 Å². The van der Waals surface area contributed by atoms with E-state index < -0.39 is 0 Å². The summed E-state index contributed by atoms with van der Waals surface area (Å²) in [6.45, 7) is 11.1. The molecule has 0 saturated carbocycles. The third-order valence-corrected chi connectivity index (χ3v) is 7.74. The van der Waals surface area contributed by atoms with Gasteiger partial charge in [-0.25, -0.2) is 15.0 Å². The van der Waals surface area contributed by atoms with Crippen molar-refractivity contribution in [1.82, 2.24) is 25.2 Å². The summed E-state index contributed by atoms with van der Waals surface area (Å²) in [6.07, 6.45) is 5.06. The maximum Gasteiger partial charge on any atom is 0.147 e. The van der Waals surface area contributed by atoms with Crippen LogP contribution in [0.15, 0.2) is 6.33 Å². The van der Waals surface area contributed by atoms with Gasteiger partial charge in [-0.1, -0.05) is 13.8 Å². The quantitative estimate of drug-likeness (QED) is 0.633. The van der Waals surface area contributed by atoms with Crippen LogP contribution in [0.5, 0.6) is 0 Å². The van der Waals surface area contributed by atoms with Gasteiger partial charge in [-0.15, -0.1) is 11.3 Å². The highest BCUT2D eigenvalue weighted by molar-refractivity contribution is 7.26. The number of hydrogen-bond donors (Lipinski definition) is 2. The van der Waals surface area contributed by atoms with Crippen LogP contribution in [0.25, 0.3) is 20.4 Å². The molecule has 7 nitrogen and oxygen atoms in total. The highest BCUT2D eigenvalue weighted by Crippen LogP contribution is 2.45. The Morgan fingerprint density at radius 2 is 2.00 bits per heavy atom. The van der Waals surface area contributed by atoms with Crippen LogP contribution in [0.4, 0.5) is 11.6 Å². The van der Waals surface area contributed by atoms with Gasteiger partial charge in [0.05, 0.1) is 10.2 Å². The number of aromatic nitrogens is 3. The maximum absolute atomic E-state index is 5.10. The lowest BCUT2D eigenvalue weighted by Crippen LogP contribution is -2.45. The van der Waals surface area contributed by atoms with Crippen LogP contribution in [0, 0.1) is 5.41 Å². The van der Waals surface area contributed by atoms with Gasteiger partial charge in [-0.3, -0.25) is 4.90 Å². The van der Waals surface area contributed by atoms with Crippen LogP contribution in [0.3, 0.4) is 0 Å². The topological polar surface area (TPSA) is 69.2 Å². The van der Waals surface area contributed by atoms with E-state index in [0.717, 1.165) is 78.8 Å². The fourth-order valence-corrected chi connectivity index (χ4v) is 6.07. The molecule has 5 rings (SSSR count). The van der Waals surface area contributed by atoms with Crippen molar-refractivity contribution in [2.45, 2.75) is 33.1 Å². The summed E-state index contributed by atoms with van der Waals surface area (Å²) in [7, 11) is 4.20. The van der Waals surface area contributed by atoms with Crippen molar-refractivity contribution in [3.63, 3.8) is 0 Å². The van der Waals surface area contributed by atoms with E-state index in [2.05, 4.69) is 53.4 Å². The molecule has 2 aliphatic rings. The fourth-order valence-electron chi connectivity index (χ4n) is 4.95. The molecular weight excluding hydrogens is 406 g/mol. The van der Waals surface area contributed by atoms with E-state index >= 15 is 0 Å². The van der Waals surface area contributed by atoms with Crippen LogP contribution >= 0.6 is 11.3 Å². The Morgan fingerprint density at radius 1 is 1.19 bits per heavy atom. The van der Waals surface area contributed by atoms with Gasteiger partial charge in [-0.05, 0) is 35.8 Å². The molecule has 1 fully saturated rings. The SMILES string of the molecule is CN(C)c1nc2sc3c(NCCN4CCNCC4)ncnc3c2c2c1CCC(C)(C)C2. The number of fused-ring (bicyclic) bond motifs is 5. The molecule has 2 N–H and O–H groups in total. The molecule has 0 radical (unpaired) electrons. The molecule has 3 aromatic heterocycles. The van der Waals surface area contributed by atoms with Gasteiger partial charge in [0.1, 0.15) is 22.8 Å². The summed E-state index contributed by atoms with van der Waals surface area (Å²) in [5.74, 6) is 2.06. The first-order valence-corrected chi connectivity index (χ1v) is 12.2. The average Bonchev–Trinajstić information content (AvgIpc) is 3.13. The first kappa shape index (κ1) is 20.8. The second kappa shape index (κ2) is 8.15. The molecule has 166 valence electrons. The van der Waals surface area contributed by atoms with Crippen molar-refractivity contribution in [2.75, 3.05) is 63.6 Å². The molecule has 0 bridgehead atoms. The summed E-state index contributed by atoms with van der Waals surface area (Å²) in [5.41, 5.74) is 4.22. The molecule has 3 aromatic rings. The van der Waals surface area contributed by atoms with Gasteiger partial charge in [0.15, 0.2) is 0 Å². The molecule has 0 spiro atoms. The monoisotopic (exact) mass is 439 g/mol. The summed E-state index contributed by atoms with van der Waals surface area (Å²) in [5, 5.41) is 8.25. The minimum atomic E-state index is 0.302. The molecule has 1 aliphatic heterocycles. The number of hydrogen-bond acceptors (Lipinski definition) is 8. The second-order valence-electron chi connectivity index (χ2n) is 9.83. The van der Waals surface area contributed by atoms with Crippen molar-refractivity contribution in [1.29, 1.82) is 0 Å². The zero-order chi connectivity index (χ0) is 21.6. The van der Waals surface area contributed by atoms with Gasteiger partial charge >= 0.3 is 0 Å². The minimum Gasteiger partial charge on any atom is -0.367 e. The molecule has 0 unspecified atom stereocenters. The van der Waals surface area contributed by atoms with Crippen molar-refractivity contribution in [3.8, 4) is 0 Å². The van der Waals surface area contributed by atoms with Gasteiger partial charge in [0.25, 0.3) is 0 Å². The van der Waals surface area contributed by atoms with Crippen LogP contribution in [0.1, 0.15) is 31.4 Å². The van der Waals surface area contributed by atoms with Crippen LogP contribution in [-0.2, 0) is 12.8 Å². The average molecular weight is 440 g/mol. The number of rotatable bonds is 5. The van der Waals surface area contributed by atoms with Gasteiger partial charge in [0.2, 0.25) is 0 Å². The number of nitrogens with zero attached hydrogens (tertiary/aromatic N) is 5. The third kappa shape index (κ3) is 3.97. The summed E-state index contributed by atoms with van der Waals surface area (Å²) in [4.78, 5) is 20.2. The van der Waals surface area contributed by atoms with Crippen molar-refractivity contribution in [2.24, 2.45) is 5.41 Å². The van der Waals surface area contributed by atoms with Gasteiger partial charge in [-0.2, -0.15) is 0 Å². The van der Waals surface area contributed by atoms with Crippen molar-refractivity contribution < 1.29 is 0 Å². The lowest BCUT2D eigenvalue weighted by atomic mass is 9.73. The third-order valence-electron chi connectivity index (χ3n) is 6.66. The normalized spacial score (nSPS) is 19.0. The fraction of sp³-hybridized carbons (Fsp3) is 0.609. The number of pyridine rings is 1. The Balaban J connectivity index is 1.54. The van der Waals surface area contributed by atoms with Gasteiger partial charge < -0.3 is 15.5 Å².